The molecular weight excluding hydrogens is 296 g/mol. The predicted molar refractivity (Wildman–Crippen MR) is 89.3 cm³/mol. The average Bonchev–Trinajstić information content (AvgIpc) is 2.52. The van der Waals surface area contributed by atoms with Crippen molar-refractivity contribution in [3.8, 4) is 11.5 Å². The van der Waals surface area contributed by atoms with Gasteiger partial charge in [0.1, 0.15) is 0 Å². The van der Waals surface area contributed by atoms with Crippen LogP contribution in [0.15, 0.2) is 18.2 Å². The third-order valence-electron chi connectivity index (χ3n) is 3.70. The van der Waals surface area contributed by atoms with E-state index < -0.39 is 11.9 Å². The maximum absolute atomic E-state index is 11.4. The molecule has 0 saturated heterocycles. The van der Waals surface area contributed by atoms with E-state index in [0.717, 1.165) is 12.0 Å². The van der Waals surface area contributed by atoms with Gasteiger partial charge in [0.05, 0.1) is 19.6 Å². The van der Waals surface area contributed by atoms with Crippen molar-refractivity contribution in [2.45, 2.75) is 33.6 Å². The first-order valence-electron chi connectivity index (χ1n) is 8.09. The van der Waals surface area contributed by atoms with Crippen molar-refractivity contribution in [1.29, 1.82) is 0 Å². The number of carboxylic acid groups (broad SMARTS) is 1. The standard InChI is InChI=1S/C18H28O5/c1-5-22-9-6-10-23-17-12-14(7-8-16(17)21-4)11-15(13(2)3)18(19)20/h7-8,12-13,15H,5-6,9-11H2,1-4H3,(H,19,20). The van der Waals surface area contributed by atoms with Gasteiger partial charge in [-0.05, 0) is 37.0 Å². The quantitative estimate of drug-likeness (QED) is 0.632. The number of rotatable bonds is 11. The van der Waals surface area contributed by atoms with Gasteiger partial charge in [0.25, 0.3) is 0 Å². The molecule has 1 aromatic rings. The monoisotopic (exact) mass is 324 g/mol. The molecule has 5 nitrogen and oxygen atoms in total. The Morgan fingerprint density at radius 3 is 2.52 bits per heavy atom. The number of ether oxygens (including phenoxy) is 3. The summed E-state index contributed by atoms with van der Waals surface area (Å²) in [5.74, 6) is 0.199. The third-order valence-corrected chi connectivity index (χ3v) is 3.70. The van der Waals surface area contributed by atoms with Gasteiger partial charge in [0, 0.05) is 19.6 Å². The predicted octanol–water partition coefficient (Wildman–Crippen LogP) is 3.40. The van der Waals surface area contributed by atoms with Crippen LogP contribution in [-0.4, -0.2) is 38.0 Å². The number of methoxy groups -OCH3 is 1. The number of carbonyl (C=O) groups is 1. The van der Waals surface area contributed by atoms with Crippen molar-refractivity contribution >= 4 is 5.97 Å². The van der Waals surface area contributed by atoms with E-state index in [0.29, 0.717) is 37.7 Å². The molecule has 130 valence electrons. The third kappa shape index (κ3) is 6.48. The van der Waals surface area contributed by atoms with Gasteiger partial charge in [0.2, 0.25) is 0 Å². The van der Waals surface area contributed by atoms with Crippen molar-refractivity contribution in [3.05, 3.63) is 23.8 Å². The Morgan fingerprint density at radius 2 is 1.96 bits per heavy atom. The van der Waals surface area contributed by atoms with Crippen LogP contribution in [0.5, 0.6) is 11.5 Å². The van der Waals surface area contributed by atoms with Gasteiger partial charge in [-0.1, -0.05) is 19.9 Å². The molecule has 1 N–H and O–H groups in total. The zero-order valence-corrected chi connectivity index (χ0v) is 14.5. The van der Waals surface area contributed by atoms with Crippen LogP contribution in [0.2, 0.25) is 0 Å². The highest BCUT2D eigenvalue weighted by Crippen LogP contribution is 2.30. The van der Waals surface area contributed by atoms with Crippen LogP contribution in [0.4, 0.5) is 0 Å². The summed E-state index contributed by atoms with van der Waals surface area (Å²) in [5, 5.41) is 9.33. The van der Waals surface area contributed by atoms with E-state index >= 15 is 0 Å². The van der Waals surface area contributed by atoms with E-state index in [1.165, 1.54) is 0 Å². The lowest BCUT2D eigenvalue weighted by molar-refractivity contribution is -0.143. The highest BCUT2D eigenvalue weighted by atomic mass is 16.5. The van der Waals surface area contributed by atoms with Gasteiger partial charge in [-0.3, -0.25) is 4.79 Å². The molecule has 0 aliphatic carbocycles. The Bertz CT molecular complexity index is 484. The summed E-state index contributed by atoms with van der Waals surface area (Å²) < 4.78 is 16.4. The second-order valence-corrected chi connectivity index (χ2v) is 5.78. The maximum atomic E-state index is 11.4. The minimum atomic E-state index is -0.769. The van der Waals surface area contributed by atoms with Gasteiger partial charge in [-0.2, -0.15) is 0 Å². The fourth-order valence-corrected chi connectivity index (χ4v) is 2.31. The van der Waals surface area contributed by atoms with E-state index in [-0.39, 0.29) is 5.92 Å². The van der Waals surface area contributed by atoms with Crippen LogP contribution >= 0.6 is 0 Å². The first-order valence-corrected chi connectivity index (χ1v) is 8.09. The second kappa shape index (κ2) is 10.1. The van der Waals surface area contributed by atoms with Crippen molar-refractivity contribution < 1.29 is 24.1 Å². The molecule has 0 aliphatic heterocycles. The molecule has 1 rings (SSSR count). The molecule has 1 aromatic carbocycles. The Morgan fingerprint density at radius 1 is 1.22 bits per heavy atom. The summed E-state index contributed by atoms with van der Waals surface area (Å²) in [4.78, 5) is 11.4. The molecule has 0 spiro atoms. The van der Waals surface area contributed by atoms with Crippen LogP contribution in [0.3, 0.4) is 0 Å². The molecule has 0 aromatic heterocycles. The molecule has 5 heteroatoms. The fourth-order valence-electron chi connectivity index (χ4n) is 2.31. The molecule has 1 atom stereocenters. The van der Waals surface area contributed by atoms with E-state index in [4.69, 9.17) is 14.2 Å². The zero-order chi connectivity index (χ0) is 17.2. The Labute approximate surface area is 138 Å². The molecule has 0 fully saturated rings. The molecule has 0 heterocycles. The maximum Gasteiger partial charge on any atom is 0.307 e. The van der Waals surface area contributed by atoms with Gasteiger partial charge >= 0.3 is 5.97 Å². The summed E-state index contributed by atoms with van der Waals surface area (Å²) >= 11 is 0. The molecule has 1 unspecified atom stereocenters. The Hall–Kier alpha value is -1.75. The molecule has 0 aliphatic rings. The van der Waals surface area contributed by atoms with Crippen molar-refractivity contribution in [1.82, 2.24) is 0 Å². The number of aliphatic carboxylic acids is 1. The lowest BCUT2D eigenvalue weighted by Gasteiger charge is -2.17. The Balaban J connectivity index is 2.75. The lowest BCUT2D eigenvalue weighted by Crippen LogP contribution is -2.22. The fraction of sp³-hybridized carbons (Fsp3) is 0.611. The topological polar surface area (TPSA) is 65.0 Å². The molecule has 23 heavy (non-hydrogen) atoms. The molecular formula is C18H28O5. The van der Waals surface area contributed by atoms with Crippen LogP contribution in [0.1, 0.15) is 32.8 Å². The van der Waals surface area contributed by atoms with Gasteiger partial charge < -0.3 is 19.3 Å². The minimum absolute atomic E-state index is 0.0742. The number of hydrogen-bond acceptors (Lipinski definition) is 4. The minimum Gasteiger partial charge on any atom is -0.493 e. The highest BCUT2D eigenvalue weighted by molar-refractivity contribution is 5.70. The van der Waals surface area contributed by atoms with Crippen LogP contribution in [0, 0.1) is 11.8 Å². The summed E-state index contributed by atoms with van der Waals surface area (Å²) in [6.45, 7) is 7.70. The molecule has 0 amide bonds. The van der Waals surface area contributed by atoms with Gasteiger partial charge in [-0.25, -0.2) is 0 Å². The first-order chi connectivity index (χ1) is 11.0. The largest absolute Gasteiger partial charge is 0.493 e. The van der Waals surface area contributed by atoms with Crippen LogP contribution in [0.25, 0.3) is 0 Å². The van der Waals surface area contributed by atoms with Crippen LogP contribution in [-0.2, 0) is 16.0 Å². The van der Waals surface area contributed by atoms with Crippen LogP contribution < -0.4 is 9.47 Å². The smallest absolute Gasteiger partial charge is 0.307 e. The summed E-state index contributed by atoms with van der Waals surface area (Å²) in [6, 6.07) is 5.59. The van der Waals surface area contributed by atoms with Crippen molar-refractivity contribution in [2.75, 3.05) is 26.9 Å². The summed E-state index contributed by atoms with van der Waals surface area (Å²) in [7, 11) is 1.59. The molecule has 0 radical (unpaired) electrons. The summed E-state index contributed by atoms with van der Waals surface area (Å²) in [5.41, 5.74) is 0.937. The lowest BCUT2D eigenvalue weighted by atomic mass is 9.89. The summed E-state index contributed by atoms with van der Waals surface area (Å²) in [6.07, 6.45) is 1.28. The van der Waals surface area contributed by atoms with Gasteiger partial charge in [0.15, 0.2) is 11.5 Å². The van der Waals surface area contributed by atoms with E-state index in [1.807, 2.05) is 39.0 Å². The van der Waals surface area contributed by atoms with Gasteiger partial charge in [-0.15, -0.1) is 0 Å². The zero-order valence-electron chi connectivity index (χ0n) is 14.5. The van der Waals surface area contributed by atoms with E-state index in [2.05, 4.69) is 0 Å². The number of benzene rings is 1. The molecule has 0 saturated carbocycles. The average molecular weight is 324 g/mol. The van der Waals surface area contributed by atoms with E-state index in [9.17, 15) is 9.90 Å². The SMILES string of the molecule is CCOCCCOc1cc(CC(C(=O)O)C(C)C)ccc1OC. The normalized spacial score (nSPS) is 12.2. The van der Waals surface area contributed by atoms with Crippen molar-refractivity contribution in [3.63, 3.8) is 0 Å². The number of hydrogen-bond donors (Lipinski definition) is 1. The first kappa shape index (κ1) is 19.3. The second-order valence-electron chi connectivity index (χ2n) is 5.78. The molecule has 0 bridgehead atoms. The Kier molecular flexibility index (Phi) is 8.48. The number of carboxylic acids is 1. The highest BCUT2D eigenvalue weighted by Gasteiger charge is 2.22. The van der Waals surface area contributed by atoms with Crippen molar-refractivity contribution in [2.24, 2.45) is 11.8 Å². The van der Waals surface area contributed by atoms with E-state index in [1.54, 1.807) is 7.11 Å².